The molecule has 2 rings (SSSR count). The molecule has 21 heavy (non-hydrogen) atoms. The molecule has 0 atom stereocenters. The van der Waals surface area contributed by atoms with E-state index in [2.05, 4.69) is 0 Å². The SMILES string of the molecule is NCCCOC1CCN(C(=O)c2ccc(Cl)cc2Cl)CC1. The van der Waals surface area contributed by atoms with Crippen molar-refractivity contribution in [1.82, 2.24) is 4.90 Å². The van der Waals surface area contributed by atoms with Crippen LogP contribution in [0.5, 0.6) is 0 Å². The Morgan fingerprint density at radius 1 is 1.33 bits per heavy atom. The van der Waals surface area contributed by atoms with Gasteiger partial charge in [0.05, 0.1) is 16.7 Å². The van der Waals surface area contributed by atoms with Crippen LogP contribution < -0.4 is 5.73 Å². The van der Waals surface area contributed by atoms with Crippen LogP contribution in [0.3, 0.4) is 0 Å². The van der Waals surface area contributed by atoms with E-state index in [0.29, 0.717) is 41.8 Å². The zero-order valence-corrected chi connectivity index (χ0v) is 13.4. The van der Waals surface area contributed by atoms with Gasteiger partial charge in [-0.15, -0.1) is 0 Å². The number of rotatable bonds is 5. The Balaban J connectivity index is 1.88. The number of amides is 1. The van der Waals surface area contributed by atoms with Crippen LogP contribution in [0.25, 0.3) is 0 Å². The fourth-order valence-electron chi connectivity index (χ4n) is 2.39. The molecule has 0 radical (unpaired) electrons. The number of nitrogens with zero attached hydrogens (tertiary/aromatic N) is 1. The fourth-order valence-corrected chi connectivity index (χ4v) is 2.88. The highest BCUT2D eigenvalue weighted by Crippen LogP contribution is 2.24. The molecule has 0 saturated carbocycles. The van der Waals surface area contributed by atoms with E-state index in [4.69, 9.17) is 33.7 Å². The van der Waals surface area contributed by atoms with Crippen molar-refractivity contribution >= 4 is 29.1 Å². The second kappa shape index (κ2) is 7.99. The van der Waals surface area contributed by atoms with E-state index >= 15 is 0 Å². The Labute approximate surface area is 135 Å². The molecule has 116 valence electrons. The number of hydrogen-bond donors (Lipinski definition) is 1. The molecule has 4 nitrogen and oxygen atoms in total. The number of ether oxygens (including phenoxy) is 1. The van der Waals surface area contributed by atoms with E-state index in [1.807, 2.05) is 4.90 Å². The molecule has 1 fully saturated rings. The second-order valence-corrected chi connectivity index (χ2v) is 5.97. The number of benzene rings is 1. The summed E-state index contributed by atoms with van der Waals surface area (Å²) < 4.78 is 5.74. The summed E-state index contributed by atoms with van der Waals surface area (Å²) in [7, 11) is 0. The predicted molar refractivity (Wildman–Crippen MR) is 85.0 cm³/mol. The third-order valence-corrected chi connectivity index (χ3v) is 4.14. The van der Waals surface area contributed by atoms with Gasteiger partial charge in [0, 0.05) is 24.7 Å². The summed E-state index contributed by atoms with van der Waals surface area (Å²) in [6.07, 6.45) is 2.80. The van der Waals surface area contributed by atoms with E-state index in [9.17, 15) is 4.79 Å². The normalized spacial score (nSPS) is 16.2. The fraction of sp³-hybridized carbons (Fsp3) is 0.533. The standard InChI is InChI=1S/C15H20Cl2N2O2/c16-11-2-3-13(14(17)10-11)15(20)19-7-4-12(5-8-19)21-9-1-6-18/h2-3,10,12H,1,4-9,18H2. The molecule has 2 N–H and O–H groups in total. The summed E-state index contributed by atoms with van der Waals surface area (Å²) in [5, 5.41) is 0.928. The van der Waals surface area contributed by atoms with Gasteiger partial charge in [-0.3, -0.25) is 4.79 Å². The summed E-state index contributed by atoms with van der Waals surface area (Å²) in [5.74, 6) is -0.0444. The maximum Gasteiger partial charge on any atom is 0.255 e. The minimum atomic E-state index is -0.0444. The third-order valence-electron chi connectivity index (χ3n) is 3.59. The van der Waals surface area contributed by atoms with Crippen LogP contribution in [0, 0.1) is 0 Å². The van der Waals surface area contributed by atoms with Gasteiger partial charge in [-0.1, -0.05) is 23.2 Å². The first kappa shape index (κ1) is 16.6. The van der Waals surface area contributed by atoms with Crippen LogP contribution in [-0.4, -0.2) is 43.2 Å². The Hall–Kier alpha value is -0.810. The third kappa shape index (κ3) is 4.58. The maximum absolute atomic E-state index is 12.4. The van der Waals surface area contributed by atoms with Crippen LogP contribution in [0.2, 0.25) is 10.0 Å². The van der Waals surface area contributed by atoms with E-state index in [-0.39, 0.29) is 12.0 Å². The van der Waals surface area contributed by atoms with Gasteiger partial charge in [0.25, 0.3) is 5.91 Å². The number of piperidine rings is 1. The van der Waals surface area contributed by atoms with Crippen LogP contribution >= 0.6 is 23.2 Å². The van der Waals surface area contributed by atoms with Gasteiger partial charge in [0.2, 0.25) is 0 Å². The molecular formula is C15H20Cl2N2O2. The lowest BCUT2D eigenvalue weighted by Gasteiger charge is -2.32. The molecule has 1 aromatic rings. The summed E-state index contributed by atoms with van der Waals surface area (Å²) >= 11 is 11.9. The van der Waals surface area contributed by atoms with E-state index in [0.717, 1.165) is 19.3 Å². The van der Waals surface area contributed by atoms with Crippen molar-refractivity contribution in [2.75, 3.05) is 26.2 Å². The van der Waals surface area contributed by atoms with Crippen LogP contribution in [-0.2, 0) is 4.74 Å². The monoisotopic (exact) mass is 330 g/mol. The number of hydrogen-bond acceptors (Lipinski definition) is 3. The first-order valence-corrected chi connectivity index (χ1v) is 7.93. The molecule has 6 heteroatoms. The number of carbonyl (C=O) groups excluding carboxylic acids is 1. The van der Waals surface area contributed by atoms with Gasteiger partial charge < -0.3 is 15.4 Å². The van der Waals surface area contributed by atoms with Gasteiger partial charge in [-0.2, -0.15) is 0 Å². The largest absolute Gasteiger partial charge is 0.378 e. The van der Waals surface area contributed by atoms with Crippen molar-refractivity contribution in [3.63, 3.8) is 0 Å². The van der Waals surface area contributed by atoms with Crippen molar-refractivity contribution in [3.8, 4) is 0 Å². The lowest BCUT2D eigenvalue weighted by atomic mass is 10.1. The van der Waals surface area contributed by atoms with Gasteiger partial charge in [0.15, 0.2) is 0 Å². The predicted octanol–water partition coefficient (Wildman–Crippen LogP) is 2.96. The molecule has 0 aliphatic carbocycles. The zero-order chi connectivity index (χ0) is 15.2. The molecular weight excluding hydrogens is 311 g/mol. The van der Waals surface area contributed by atoms with E-state index in [1.165, 1.54) is 0 Å². The Kier molecular flexibility index (Phi) is 6.30. The van der Waals surface area contributed by atoms with Gasteiger partial charge in [-0.25, -0.2) is 0 Å². The first-order chi connectivity index (χ1) is 10.1. The summed E-state index contributed by atoms with van der Waals surface area (Å²) in [6.45, 7) is 2.71. The van der Waals surface area contributed by atoms with Gasteiger partial charge in [0.1, 0.15) is 0 Å². The Bertz CT molecular complexity index is 489. The molecule has 1 aromatic carbocycles. The van der Waals surface area contributed by atoms with E-state index in [1.54, 1.807) is 18.2 Å². The lowest BCUT2D eigenvalue weighted by Crippen LogP contribution is -2.41. The molecule has 0 spiro atoms. The molecule has 1 aliphatic heterocycles. The second-order valence-electron chi connectivity index (χ2n) is 5.13. The number of halogens is 2. The highest BCUT2D eigenvalue weighted by atomic mass is 35.5. The zero-order valence-electron chi connectivity index (χ0n) is 11.9. The average Bonchev–Trinajstić information content (AvgIpc) is 2.48. The van der Waals surface area contributed by atoms with Crippen molar-refractivity contribution in [1.29, 1.82) is 0 Å². The van der Waals surface area contributed by atoms with Crippen LogP contribution in [0.1, 0.15) is 29.6 Å². The minimum absolute atomic E-state index is 0.0444. The maximum atomic E-state index is 12.4. The van der Waals surface area contributed by atoms with Crippen LogP contribution in [0.4, 0.5) is 0 Å². The molecule has 1 amide bonds. The topological polar surface area (TPSA) is 55.6 Å². The Morgan fingerprint density at radius 2 is 2.05 bits per heavy atom. The molecule has 0 aromatic heterocycles. The van der Waals surface area contributed by atoms with Crippen molar-refractivity contribution in [2.24, 2.45) is 5.73 Å². The van der Waals surface area contributed by atoms with Crippen molar-refractivity contribution < 1.29 is 9.53 Å². The molecule has 1 aliphatic rings. The number of nitrogens with two attached hydrogens (primary N) is 1. The quantitative estimate of drug-likeness (QED) is 0.844. The first-order valence-electron chi connectivity index (χ1n) is 7.18. The van der Waals surface area contributed by atoms with Crippen molar-refractivity contribution in [2.45, 2.75) is 25.4 Å². The summed E-state index contributed by atoms with van der Waals surface area (Å²) in [4.78, 5) is 14.3. The summed E-state index contributed by atoms with van der Waals surface area (Å²) in [6, 6.07) is 4.96. The average molecular weight is 331 g/mol. The van der Waals surface area contributed by atoms with Gasteiger partial charge >= 0.3 is 0 Å². The molecule has 1 heterocycles. The smallest absolute Gasteiger partial charge is 0.255 e. The molecule has 0 unspecified atom stereocenters. The number of carbonyl (C=O) groups is 1. The Morgan fingerprint density at radius 3 is 2.67 bits per heavy atom. The van der Waals surface area contributed by atoms with Crippen LogP contribution in [0.15, 0.2) is 18.2 Å². The lowest BCUT2D eigenvalue weighted by molar-refractivity contribution is 0.00845. The molecule has 0 bridgehead atoms. The highest BCUT2D eigenvalue weighted by molar-refractivity contribution is 6.36. The molecule has 1 saturated heterocycles. The van der Waals surface area contributed by atoms with Gasteiger partial charge in [-0.05, 0) is 44.0 Å². The minimum Gasteiger partial charge on any atom is -0.378 e. The number of likely N-dealkylation sites (tertiary alicyclic amines) is 1. The van der Waals surface area contributed by atoms with Crippen molar-refractivity contribution in [3.05, 3.63) is 33.8 Å². The summed E-state index contributed by atoms with van der Waals surface area (Å²) in [5.41, 5.74) is 5.94. The highest BCUT2D eigenvalue weighted by Gasteiger charge is 2.25. The van der Waals surface area contributed by atoms with E-state index < -0.39 is 0 Å².